The Morgan fingerprint density at radius 2 is 1.82 bits per heavy atom. The Hall–Kier alpha value is -1.34. The van der Waals surface area contributed by atoms with Crippen molar-refractivity contribution >= 4 is 5.57 Å². The van der Waals surface area contributed by atoms with Crippen LogP contribution in [0, 0.1) is 5.92 Å². The summed E-state index contributed by atoms with van der Waals surface area (Å²) in [4.78, 5) is 0. The van der Waals surface area contributed by atoms with Crippen molar-refractivity contribution in [2.45, 2.75) is 25.4 Å². The normalized spacial score (nSPS) is 24.2. The predicted octanol–water partition coefficient (Wildman–Crippen LogP) is 3.83. The fourth-order valence-electron chi connectivity index (χ4n) is 2.59. The van der Waals surface area contributed by atoms with Crippen LogP contribution in [0.25, 0.3) is 5.57 Å². The highest BCUT2D eigenvalue weighted by molar-refractivity contribution is 5.69. The third-order valence-electron chi connectivity index (χ3n) is 3.73. The summed E-state index contributed by atoms with van der Waals surface area (Å²) < 4.78 is 5.65. The van der Waals surface area contributed by atoms with Gasteiger partial charge in [0.05, 0.1) is 6.10 Å². The summed E-state index contributed by atoms with van der Waals surface area (Å²) in [6.07, 6.45) is 8.57. The number of ether oxygens (including phenoxy) is 1. The summed E-state index contributed by atoms with van der Waals surface area (Å²) in [5.74, 6) is 0.800. The fraction of sp³-hybridized carbons (Fsp3) is 0.375. The van der Waals surface area contributed by atoms with E-state index in [4.69, 9.17) is 4.74 Å². The van der Waals surface area contributed by atoms with Crippen LogP contribution < -0.4 is 0 Å². The molecular formula is C16H18O. The van der Waals surface area contributed by atoms with Gasteiger partial charge in [0, 0.05) is 13.5 Å². The number of hydrogen-bond acceptors (Lipinski definition) is 1. The van der Waals surface area contributed by atoms with Crippen molar-refractivity contribution < 1.29 is 4.74 Å². The van der Waals surface area contributed by atoms with E-state index in [9.17, 15) is 0 Å². The van der Waals surface area contributed by atoms with Gasteiger partial charge in [-0.25, -0.2) is 0 Å². The minimum atomic E-state index is 0.294. The van der Waals surface area contributed by atoms with E-state index in [2.05, 4.69) is 42.5 Å². The van der Waals surface area contributed by atoms with E-state index in [0.29, 0.717) is 6.10 Å². The third kappa shape index (κ3) is 2.20. The highest BCUT2D eigenvalue weighted by Gasteiger charge is 2.32. The Labute approximate surface area is 103 Å². The standard InChI is InChI=1S/C16H18O/c1-17-16-11-14(12-5-3-2-4-6-12)9-10-15(16)13-7-8-13/h2-6,9-10,13,16H,7-8,11H2,1H3. The van der Waals surface area contributed by atoms with E-state index < -0.39 is 0 Å². The summed E-state index contributed by atoms with van der Waals surface area (Å²) >= 11 is 0. The quantitative estimate of drug-likeness (QED) is 0.761. The fourth-order valence-corrected chi connectivity index (χ4v) is 2.59. The molecule has 1 aromatic rings. The molecule has 1 heteroatoms. The number of hydrogen-bond donors (Lipinski definition) is 0. The molecule has 88 valence electrons. The number of rotatable bonds is 3. The van der Waals surface area contributed by atoms with Gasteiger partial charge in [-0.2, -0.15) is 0 Å². The van der Waals surface area contributed by atoms with Crippen LogP contribution in [0.5, 0.6) is 0 Å². The maximum absolute atomic E-state index is 5.65. The molecule has 0 N–H and O–H groups in total. The van der Waals surface area contributed by atoms with Crippen molar-refractivity contribution in [3.63, 3.8) is 0 Å². The van der Waals surface area contributed by atoms with Crippen LogP contribution in [0.15, 0.2) is 48.1 Å². The van der Waals surface area contributed by atoms with Gasteiger partial charge in [-0.3, -0.25) is 0 Å². The molecule has 3 rings (SSSR count). The van der Waals surface area contributed by atoms with Gasteiger partial charge in [0.15, 0.2) is 0 Å². The molecule has 0 saturated heterocycles. The van der Waals surface area contributed by atoms with Crippen LogP contribution in [0.3, 0.4) is 0 Å². The molecule has 0 bridgehead atoms. The monoisotopic (exact) mass is 226 g/mol. The zero-order chi connectivity index (χ0) is 11.7. The first-order valence-corrected chi connectivity index (χ1v) is 6.37. The SMILES string of the molecule is COC1CC(c2ccccc2)=CC=C1C1CC1. The maximum atomic E-state index is 5.65. The zero-order valence-corrected chi connectivity index (χ0v) is 10.2. The Morgan fingerprint density at radius 1 is 1.06 bits per heavy atom. The Balaban J connectivity index is 1.88. The van der Waals surface area contributed by atoms with Crippen LogP contribution in [0.4, 0.5) is 0 Å². The summed E-state index contributed by atoms with van der Waals surface area (Å²) in [5, 5.41) is 0. The van der Waals surface area contributed by atoms with E-state index in [-0.39, 0.29) is 0 Å². The van der Waals surface area contributed by atoms with Gasteiger partial charge in [-0.05, 0) is 35.5 Å². The molecule has 17 heavy (non-hydrogen) atoms. The lowest BCUT2D eigenvalue weighted by Gasteiger charge is -2.24. The highest BCUT2D eigenvalue weighted by atomic mass is 16.5. The van der Waals surface area contributed by atoms with Crippen LogP contribution in [0.1, 0.15) is 24.8 Å². The molecular weight excluding hydrogens is 208 g/mol. The molecule has 0 amide bonds. The van der Waals surface area contributed by atoms with E-state index in [1.807, 2.05) is 7.11 Å². The largest absolute Gasteiger partial charge is 0.377 e. The number of methoxy groups -OCH3 is 1. The smallest absolute Gasteiger partial charge is 0.0827 e. The van der Waals surface area contributed by atoms with E-state index in [1.165, 1.54) is 29.6 Å². The van der Waals surface area contributed by atoms with Crippen molar-refractivity contribution in [2.75, 3.05) is 7.11 Å². The third-order valence-corrected chi connectivity index (χ3v) is 3.73. The first kappa shape index (κ1) is 10.8. The summed E-state index contributed by atoms with van der Waals surface area (Å²) in [5.41, 5.74) is 4.22. The van der Waals surface area contributed by atoms with E-state index in [1.54, 1.807) is 0 Å². The van der Waals surface area contributed by atoms with Crippen LogP contribution in [-0.4, -0.2) is 13.2 Å². The Bertz CT molecular complexity index is 452. The van der Waals surface area contributed by atoms with Crippen LogP contribution >= 0.6 is 0 Å². The molecule has 2 aliphatic carbocycles. The summed E-state index contributed by atoms with van der Waals surface area (Å²) in [6.45, 7) is 0. The predicted molar refractivity (Wildman–Crippen MR) is 70.6 cm³/mol. The first-order chi connectivity index (χ1) is 8.38. The molecule has 0 radical (unpaired) electrons. The van der Waals surface area contributed by atoms with Gasteiger partial charge in [0.1, 0.15) is 0 Å². The average molecular weight is 226 g/mol. The molecule has 1 nitrogen and oxygen atoms in total. The molecule has 1 atom stereocenters. The maximum Gasteiger partial charge on any atom is 0.0827 e. The van der Waals surface area contributed by atoms with E-state index >= 15 is 0 Å². The topological polar surface area (TPSA) is 9.23 Å². The summed E-state index contributed by atoms with van der Waals surface area (Å²) in [7, 11) is 1.83. The molecule has 1 unspecified atom stereocenters. The molecule has 2 aliphatic rings. The Kier molecular flexibility index (Phi) is 2.86. The molecule has 1 fully saturated rings. The Morgan fingerprint density at radius 3 is 2.47 bits per heavy atom. The lowest BCUT2D eigenvalue weighted by atomic mass is 9.89. The van der Waals surface area contributed by atoms with Gasteiger partial charge >= 0.3 is 0 Å². The van der Waals surface area contributed by atoms with Crippen LogP contribution in [-0.2, 0) is 4.74 Å². The van der Waals surface area contributed by atoms with Crippen molar-refractivity contribution in [1.82, 2.24) is 0 Å². The van der Waals surface area contributed by atoms with Gasteiger partial charge in [0.2, 0.25) is 0 Å². The van der Waals surface area contributed by atoms with Crippen molar-refractivity contribution in [3.05, 3.63) is 53.6 Å². The van der Waals surface area contributed by atoms with Gasteiger partial charge in [-0.1, -0.05) is 42.5 Å². The van der Waals surface area contributed by atoms with Gasteiger partial charge in [-0.15, -0.1) is 0 Å². The highest BCUT2D eigenvalue weighted by Crippen LogP contribution is 2.42. The second kappa shape index (κ2) is 4.50. The zero-order valence-electron chi connectivity index (χ0n) is 10.2. The molecule has 0 aliphatic heterocycles. The minimum Gasteiger partial charge on any atom is -0.377 e. The number of benzene rings is 1. The molecule has 0 heterocycles. The lowest BCUT2D eigenvalue weighted by Crippen LogP contribution is -2.18. The summed E-state index contributed by atoms with van der Waals surface area (Å²) in [6, 6.07) is 10.6. The lowest BCUT2D eigenvalue weighted by molar-refractivity contribution is 0.130. The van der Waals surface area contributed by atoms with Crippen molar-refractivity contribution in [3.8, 4) is 0 Å². The van der Waals surface area contributed by atoms with Crippen molar-refractivity contribution in [1.29, 1.82) is 0 Å². The average Bonchev–Trinajstić information content (AvgIpc) is 3.23. The second-order valence-electron chi connectivity index (χ2n) is 4.93. The molecule has 0 aromatic heterocycles. The second-order valence-corrected chi connectivity index (χ2v) is 4.93. The molecule has 1 saturated carbocycles. The van der Waals surface area contributed by atoms with Crippen molar-refractivity contribution in [2.24, 2.45) is 5.92 Å². The first-order valence-electron chi connectivity index (χ1n) is 6.37. The van der Waals surface area contributed by atoms with E-state index in [0.717, 1.165) is 12.3 Å². The van der Waals surface area contributed by atoms with Gasteiger partial charge in [0.25, 0.3) is 0 Å². The van der Waals surface area contributed by atoms with Gasteiger partial charge < -0.3 is 4.74 Å². The molecule has 0 spiro atoms. The van der Waals surface area contributed by atoms with Crippen LogP contribution in [0.2, 0.25) is 0 Å². The minimum absolute atomic E-state index is 0.294. The molecule has 1 aromatic carbocycles. The number of allylic oxidation sites excluding steroid dienone is 2.